The summed E-state index contributed by atoms with van der Waals surface area (Å²) in [5, 5.41) is 16.7. The number of carbonyl (C=O) groups is 1. The molecule has 4 rings (SSSR count). The van der Waals surface area contributed by atoms with Crippen molar-refractivity contribution in [3.8, 4) is 0 Å². The molecule has 1 atom stereocenters. The summed E-state index contributed by atoms with van der Waals surface area (Å²) in [4.78, 5) is 13.5. The van der Waals surface area contributed by atoms with Gasteiger partial charge in [-0.2, -0.15) is 4.37 Å². The maximum Gasteiger partial charge on any atom is 0.261 e. The number of aromatic nitrogens is 1. The number of hydrogen-bond acceptors (Lipinski definition) is 7. The number of thiophene rings is 1. The number of nitrogens with one attached hydrogen (secondary N) is 3. The van der Waals surface area contributed by atoms with Crippen LogP contribution in [0.5, 0.6) is 0 Å². The minimum atomic E-state index is -3.57. The van der Waals surface area contributed by atoms with Crippen molar-refractivity contribution in [1.29, 1.82) is 5.41 Å². The number of halogens is 1. The average Bonchev–Trinajstić information content (AvgIpc) is 3.35. The van der Waals surface area contributed by atoms with Crippen molar-refractivity contribution in [2.75, 3.05) is 5.75 Å². The molecule has 2 aromatic rings. The highest BCUT2D eigenvalue weighted by Gasteiger charge is 2.56. The molecule has 2 aromatic heterocycles. The van der Waals surface area contributed by atoms with E-state index in [2.05, 4.69) is 15.0 Å². The maximum absolute atomic E-state index is 13.3. The molecule has 1 saturated carbocycles. The zero-order chi connectivity index (χ0) is 21.6. The van der Waals surface area contributed by atoms with E-state index in [0.717, 1.165) is 36.3 Å². The number of rotatable bonds is 4. The Balaban J connectivity index is 1.58. The largest absolute Gasteiger partial charge is 0.362 e. The van der Waals surface area contributed by atoms with E-state index in [0.29, 0.717) is 34.2 Å². The van der Waals surface area contributed by atoms with Crippen molar-refractivity contribution < 1.29 is 13.2 Å². The number of carbonyl (C=O) groups excluding carboxylic acids is 1. The Morgan fingerprint density at radius 3 is 2.73 bits per heavy atom. The van der Waals surface area contributed by atoms with Crippen molar-refractivity contribution in [1.82, 2.24) is 15.0 Å². The van der Waals surface area contributed by atoms with Gasteiger partial charge in [-0.25, -0.2) is 8.42 Å². The molecule has 3 N–H and O–H groups in total. The van der Waals surface area contributed by atoms with Gasteiger partial charge in [-0.3, -0.25) is 10.2 Å². The summed E-state index contributed by atoms with van der Waals surface area (Å²) >= 11 is 8.92. The summed E-state index contributed by atoms with van der Waals surface area (Å²) in [6.45, 7) is 2.05. The first-order chi connectivity index (χ1) is 14.2. The minimum absolute atomic E-state index is 0.0509. The van der Waals surface area contributed by atoms with Crippen LogP contribution in [-0.4, -0.2) is 35.0 Å². The van der Waals surface area contributed by atoms with Gasteiger partial charge >= 0.3 is 0 Å². The summed E-state index contributed by atoms with van der Waals surface area (Å²) < 4.78 is 29.7. The van der Waals surface area contributed by atoms with E-state index in [1.807, 2.05) is 11.4 Å². The molecule has 2 fully saturated rings. The Kier molecular flexibility index (Phi) is 5.71. The molecule has 1 spiro atoms. The molecule has 11 heteroatoms. The highest BCUT2D eigenvalue weighted by Crippen LogP contribution is 2.45. The summed E-state index contributed by atoms with van der Waals surface area (Å²) in [7, 11) is -3.57. The predicted molar refractivity (Wildman–Crippen MR) is 120 cm³/mol. The molecule has 0 unspecified atom stereocenters. The summed E-state index contributed by atoms with van der Waals surface area (Å²) in [5.74, 6) is -0.389. The average molecular weight is 487 g/mol. The van der Waals surface area contributed by atoms with E-state index in [-0.39, 0.29) is 17.5 Å². The third-order valence-corrected chi connectivity index (χ3v) is 11.1. The molecule has 0 bridgehead atoms. The lowest BCUT2D eigenvalue weighted by molar-refractivity contribution is 0.0954. The van der Waals surface area contributed by atoms with Gasteiger partial charge in [-0.1, -0.05) is 30.9 Å². The Hall–Kier alpha value is -1.49. The molecule has 3 heterocycles. The van der Waals surface area contributed by atoms with Crippen LogP contribution < -0.4 is 10.6 Å². The molecular formula is C19H23ClN4O3S3. The maximum atomic E-state index is 13.3. The smallest absolute Gasteiger partial charge is 0.261 e. The molecule has 162 valence electrons. The normalized spacial score (nSPS) is 25.1. The number of amides is 1. The van der Waals surface area contributed by atoms with Gasteiger partial charge in [0.05, 0.1) is 38.3 Å². The van der Waals surface area contributed by atoms with Crippen LogP contribution in [-0.2, 0) is 21.9 Å². The van der Waals surface area contributed by atoms with Crippen LogP contribution in [0.4, 0.5) is 0 Å². The number of hydrogen-bond donors (Lipinski definition) is 3. The fraction of sp³-hybridized carbons (Fsp3) is 0.526. The molecule has 1 aliphatic carbocycles. The molecule has 1 saturated heterocycles. The molecule has 1 aliphatic heterocycles. The van der Waals surface area contributed by atoms with E-state index in [1.165, 1.54) is 11.5 Å². The standard InChI is InChI=1S/C19H23ClN4O3S3/c1-18(11-30(26,27)19(17(21)23-18)6-3-2-4-7-19)15-13(20)9-14(29-15)16(25)22-10-12-5-8-28-24-12/h5,8-9H,2-4,6-7,10-11H2,1H3,(H2,21,23)(H,22,25)/t18-/m0/s1. The summed E-state index contributed by atoms with van der Waals surface area (Å²) in [6.07, 6.45) is 3.59. The van der Waals surface area contributed by atoms with Crippen molar-refractivity contribution in [2.24, 2.45) is 0 Å². The lowest BCUT2D eigenvalue weighted by Crippen LogP contribution is -2.66. The van der Waals surface area contributed by atoms with E-state index in [9.17, 15) is 13.2 Å². The highest BCUT2D eigenvalue weighted by atomic mass is 35.5. The third-order valence-electron chi connectivity index (χ3n) is 5.92. The van der Waals surface area contributed by atoms with Crippen LogP contribution in [0.2, 0.25) is 5.02 Å². The Morgan fingerprint density at radius 1 is 1.37 bits per heavy atom. The van der Waals surface area contributed by atoms with Crippen LogP contribution in [0.3, 0.4) is 0 Å². The van der Waals surface area contributed by atoms with Gasteiger partial charge in [-0.15, -0.1) is 11.3 Å². The van der Waals surface area contributed by atoms with E-state index >= 15 is 0 Å². The van der Waals surface area contributed by atoms with Gasteiger partial charge in [0, 0.05) is 5.38 Å². The van der Waals surface area contributed by atoms with Crippen LogP contribution in [0.25, 0.3) is 0 Å². The van der Waals surface area contributed by atoms with Crippen molar-refractivity contribution in [2.45, 2.75) is 55.9 Å². The van der Waals surface area contributed by atoms with Crippen LogP contribution in [0, 0.1) is 5.41 Å². The van der Waals surface area contributed by atoms with Crippen LogP contribution in [0.15, 0.2) is 17.5 Å². The van der Waals surface area contributed by atoms with Crippen molar-refractivity contribution >= 4 is 56.1 Å². The fourth-order valence-corrected chi connectivity index (χ4v) is 9.07. The van der Waals surface area contributed by atoms with Gasteiger partial charge in [0.15, 0.2) is 9.84 Å². The topological polar surface area (TPSA) is 112 Å². The second kappa shape index (κ2) is 7.89. The zero-order valence-corrected chi connectivity index (χ0v) is 19.7. The van der Waals surface area contributed by atoms with Crippen molar-refractivity contribution in [3.05, 3.63) is 38.0 Å². The summed E-state index contributed by atoms with van der Waals surface area (Å²) in [6, 6.07) is 3.40. The van der Waals surface area contributed by atoms with Gasteiger partial charge in [-0.05, 0) is 43.4 Å². The molecular weight excluding hydrogens is 464 g/mol. The van der Waals surface area contributed by atoms with E-state index in [4.69, 9.17) is 17.0 Å². The predicted octanol–water partition coefficient (Wildman–Crippen LogP) is 3.70. The Bertz CT molecular complexity index is 1070. The van der Waals surface area contributed by atoms with Gasteiger partial charge in [0.1, 0.15) is 10.6 Å². The first-order valence-corrected chi connectivity index (χ1v) is 13.4. The molecule has 1 amide bonds. The summed E-state index contributed by atoms with van der Waals surface area (Å²) in [5.41, 5.74) is -0.275. The van der Waals surface area contributed by atoms with E-state index in [1.54, 1.807) is 13.0 Å². The molecule has 0 aromatic carbocycles. The molecule has 2 aliphatic rings. The van der Waals surface area contributed by atoms with Crippen molar-refractivity contribution in [3.63, 3.8) is 0 Å². The van der Waals surface area contributed by atoms with Gasteiger partial charge in [0.25, 0.3) is 5.91 Å². The number of amidine groups is 1. The third kappa shape index (κ3) is 3.68. The quantitative estimate of drug-likeness (QED) is 0.610. The first-order valence-electron chi connectivity index (χ1n) is 9.74. The number of nitrogens with zero attached hydrogens (tertiary/aromatic N) is 1. The SMILES string of the molecule is C[C@@]1(c2sc(C(=O)NCc3ccsn3)cc2Cl)CS(=O)(=O)C2(CCCCC2)C(=N)N1. The van der Waals surface area contributed by atoms with Crippen LogP contribution in [0.1, 0.15) is 59.3 Å². The molecule has 30 heavy (non-hydrogen) atoms. The lowest BCUT2D eigenvalue weighted by atomic mass is 9.86. The molecule has 7 nitrogen and oxygen atoms in total. The zero-order valence-electron chi connectivity index (χ0n) is 16.5. The van der Waals surface area contributed by atoms with E-state index < -0.39 is 20.1 Å². The Labute approximate surface area is 188 Å². The van der Waals surface area contributed by atoms with Gasteiger partial charge in [0.2, 0.25) is 0 Å². The monoisotopic (exact) mass is 486 g/mol. The highest BCUT2D eigenvalue weighted by molar-refractivity contribution is 7.93. The molecule has 0 radical (unpaired) electrons. The second-order valence-electron chi connectivity index (χ2n) is 8.11. The minimum Gasteiger partial charge on any atom is -0.362 e. The Morgan fingerprint density at radius 2 is 2.10 bits per heavy atom. The fourth-order valence-electron chi connectivity index (χ4n) is 4.35. The number of sulfone groups is 1. The lowest BCUT2D eigenvalue weighted by Gasteiger charge is -2.47. The second-order valence-corrected chi connectivity index (χ2v) is 12.5. The van der Waals surface area contributed by atoms with Gasteiger partial charge < -0.3 is 10.6 Å². The van der Waals surface area contributed by atoms with Crippen LogP contribution >= 0.6 is 34.5 Å². The first kappa shape index (κ1) is 21.7.